The monoisotopic (exact) mass is 427 g/mol. The Labute approximate surface area is 178 Å². The number of amides is 1. The van der Waals surface area contributed by atoms with Gasteiger partial charge >= 0.3 is 0 Å². The molecule has 2 N–H and O–H groups in total. The zero-order chi connectivity index (χ0) is 20.5. The molecule has 158 valence electrons. The number of carbonyl (C=O) groups is 1. The summed E-state index contributed by atoms with van der Waals surface area (Å²) in [6.07, 6.45) is 9.59. The summed E-state index contributed by atoms with van der Waals surface area (Å²) in [5.74, 6) is 1.49. The van der Waals surface area contributed by atoms with Crippen molar-refractivity contribution in [1.29, 1.82) is 0 Å². The number of carbonyl (C=O) groups excluding carboxylic acids is 1. The molecule has 1 amide bonds. The molecule has 10 heteroatoms. The molecule has 0 aromatic carbocycles. The highest BCUT2D eigenvalue weighted by Gasteiger charge is 2.29. The lowest BCUT2D eigenvalue weighted by molar-refractivity contribution is 0.0941. The molecule has 0 saturated carbocycles. The molecular formula is C20H25N7O2S. The highest BCUT2D eigenvalue weighted by molar-refractivity contribution is 7.96. The lowest BCUT2D eigenvalue weighted by Crippen LogP contribution is -2.34. The molecule has 2 aliphatic heterocycles. The first-order valence-corrected chi connectivity index (χ1v) is 11.5. The van der Waals surface area contributed by atoms with Crippen LogP contribution in [0.15, 0.2) is 23.1 Å². The van der Waals surface area contributed by atoms with Gasteiger partial charge in [0.05, 0.1) is 11.9 Å². The smallest absolute Gasteiger partial charge is 0.273 e. The Morgan fingerprint density at radius 2 is 2.33 bits per heavy atom. The topological polar surface area (TPSA) is 103 Å². The standard InChI is InChI=1S/C20H25N7O2S/c1-30-27-9-2-3-13(27)4-7-22-20(28)17-15-11-26(10-6-16(15)29-25-17)19-14-5-8-21-18(14)23-12-24-19/h5,8,12-13H,2-4,6-7,9-11H2,1H3,(H,22,28)(H,21,23,24). The third kappa shape index (κ3) is 3.54. The van der Waals surface area contributed by atoms with Gasteiger partial charge in [-0.3, -0.25) is 4.79 Å². The van der Waals surface area contributed by atoms with Gasteiger partial charge in [-0.2, -0.15) is 0 Å². The van der Waals surface area contributed by atoms with E-state index >= 15 is 0 Å². The SMILES string of the molecule is CSN1CCCC1CCNC(=O)c1noc2c1CN(c1ncnc3[nH]ccc13)CC2. The summed E-state index contributed by atoms with van der Waals surface area (Å²) in [4.78, 5) is 26.8. The Hall–Kier alpha value is -2.59. The van der Waals surface area contributed by atoms with Crippen LogP contribution >= 0.6 is 11.9 Å². The van der Waals surface area contributed by atoms with E-state index in [1.807, 2.05) is 12.3 Å². The van der Waals surface area contributed by atoms with Crippen molar-refractivity contribution in [3.05, 3.63) is 35.6 Å². The Morgan fingerprint density at radius 1 is 1.40 bits per heavy atom. The number of hydrogen-bond acceptors (Lipinski definition) is 8. The summed E-state index contributed by atoms with van der Waals surface area (Å²) in [5.41, 5.74) is 2.05. The first kappa shape index (κ1) is 19.4. The van der Waals surface area contributed by atoms with Gasteiger partial charge in [0.15, 0.2) is 5.69 Å². The molecule has 1 unspecified atom stereocenters. The maximum Gasteiger partial charge on any atom is 0.273 e. The maximum atomic E-state index is 12.8. The number of H-pyrrole nitrogens is 1. The predicted molar refractivity (Wildman–Crippen MR) is 115 cm³/mol. The average molecular weight is 428 g/mol. The number of rotatable bonds is 6. The zero-order valence-electron chi connectivity index (χ0n) is 16.9. The third-order valence-electron chi connectivity index (χ3n) is 6.00. The summed E-state index contributed by atoms with van der Waals surface area (Å²) < 4.78 is 7.90. The van der Waals surface area contributed by atoms with Crippen molar-refractivity contribution >= 4 is 34.7 Å². The molecule has 1 fully saturated rings. The van der Waals surface area contributed by atoms with Gasteiger partial charge in [0.25, 0.3) is 5.91 Å². The minimum absolute atomic E-state index is 0.162. The highest BCUT2D eigenvalue weighted by atomic mass is 32.2. The summed E-state index contributed by atoms with van der Waals surface area (Å²) in [6, 6.07) is 2.51. The second kappa shape index (κ2) is 8.27. The second-order valence-electron chi connectivity index (χ2n) is 7.71. The lowest BCUT2D eigenvalue weighted by Gasteiger charge is -2.27. The van der Waals surface area contributed by atoms with Crippen molar-refractivity contribution in [3.8, 4) is 0 Å². The largest absolute Gasteiger partial charge is 0.360 e. The van der Waals surface area contributed by atoms with E-state index in [0.29, 0.717) is 31.2 Å². The second-order valence-corrected chi connectivity index (χ2v) is 8.54. The van der Waals surface area contributed by atoms with Crippen LogP contribution in [0.5, 0.6) is 0 Å². The van der Waals surface area contributed by atoms with E-state index in [1.54, 1.807) is 18.3 Å². The Kier molecular flexibility index (Phi) is 5.34. The van der Waals surface area contributed by atoms with E-state index in [4.69, 9.17) is 4.52 Å². The molecule has 0 spiro atoms. The number of aromatic nitrogens is 4. The summed E-state index contributed by atoms with van der Waals surface area (Å²) in [7, 11) is 0. The van der Waals surface area contributed by atoms with Crippen molar-refractivity contribution in [2.75, 3.05) is 30.8 Å². The van der Waals surface area contributed by atoms with Crippen LogP contribution in [0.4, 0.5) is 5.82 Å². The normalized spacial score (nSPS) is 19.4. The molecule has 30 heavy (non-hydrogen) atoms. The third-order valence-corrected chi connectivity index (χ3v) is 6.95. The van der Waals surface area contributed by atoms with Crippen LogP contribution in [0.3, 0.4) is 0 Å². The van der Waals surface area contributed by atoms with Crippen LogP contribution in [0.25, 0.3) is 11.0 Å². The van der Waals surface area contributed by atoms with Gasteiger partial charge in [0.2, 0.25) is 0 Å². The van der Waals surface area contributed by atoms with Gasteiger partial charge in [0, 0.05) is 43.9 Å². The lowest BCUT2D eigenvalue weighted by atomic mass is 10.1. The van der Waals surface area contributed by atoms with E-state index in [9.17, 15) is 4.79 Å². The molecule has 1 atom stereocenters. The molecule has 3 aromatic heterocycles. The van der Waals surface area contributed by atoms with Gasteiger partial charge in [-0.1, -0.05) is 17.1 Å². The van der Waals surface area contributed by atoms with Gasteiger partial charge in [-0.25, -0.2) is 14.3 Å². The first-order valence-electron chi connectivity index (χ1n) is 10.3. The highest BCUT2D eigenvalue weighted by Crippen LogP contribution is 2.29. The fourth-order valence-electron chi connectivity index (χ4n) is 4.45. The molecule has 1 saturated heterocycles. The Bertz CT molecular complexity index is 1050. The molecule has 3 aromatic rings. The number of fused-ring (bicyclic) bond motifs is 2. The van der Waals surface area contributed by atoms with Gasteiger partial charge in [-0.05, 0) is 31.6 Å². The Balaban J connectivity index is 1.27. The summed E-state index contributed by atoms with van der Waals surface area (Å²) >= 11 is 1.79. The van der Waals surface area contributed by atoms with Crippen LogP contribution < -0.4 is 10.2 Å². The molecule has 9 nitrogen and oxygen atoms in total. The fraction of sp³-hybridized carbons (Fsp3) is 0.500. The van der Waals surface area contributed by atoms with Gasteiger partial charge in [-0.15, -0.1) is 0 Å². The van der Waals surface area contributed by atoms with Crippen molar-refractivity contribution in [2.24, 2.45) is 0 Å². The summed E-state index contributed by atoms with van der Waals surface area (Å²) in [5, 5.41) is 8.10. The molecule has 0 bridgehead atoms. The van der Waals surface area contributed by atoms with Crippen molar-refractivity contribution in [2.45, 2.75) is 38.3 Å². The maximum absolute atomic E-state index is 12.8. The van der Waals surface area contributed by atoms with Gasteiger partial charge in [0.1, 0.15) is 23.6 Å². The van der Waals surface area contributed by atoms with E-state index in [-0.39, 0.29) is 5.91 Å². The minimum atomic E-state index is -0.162. The number of nitrogens with zero attached hydrogens (tertiary/aromatic N) is 5. The number of aromatic amines is 1. The first-order chi connectivity index (χ1) is 14.7. The molecule has 0 radical (unpaired) electrons. The van der Waals surface area contributed by atoms with Crippen LogP contribution in [0.1, 0.15) is 41.1 Å². The van der Waals surface area contributed by atoms with E-state index in [1.165, 1.54) is 12.8 Å². The molecule has 5 rings (SSSR count). The van der Waals surface area contributed by atoms with Crippen LogP contribution in [-0.2, 0) is 13.0 Å². The van der Waals surface area contributed by atoms with Crippen LogP contribution in [0, 0.1) is 0 Å². The number of hydrogen-bond donors (Lipinski definition) is 2. The molecular weight excluding hydrogens is 402 g/mol. The van der Waals surface area contributed by atoms with E-state index in [0.717, 1.165) is 47.7 Å². The molecule has 2 aliphatic rings. The van der Waals surface area contributed by atoms with Crippen molar-refractivity contribution in [3.63, 3.8) is 0 Å². The predicted octanol–water partition coefficient (Wildman–Crippen LogP) is 2.37. The number of anilines is 1. The van der Waals surface area contributed by atoms with Gasteiger partial charge < -0.3 is 19.7 Å². The zero-order valence-corrected chi connectivity index (χ0v) is 17.7. The van der Waals surface area contributed by atoms with Crippen LogP contribution in [0.2, 0.25) is 0 Å². The Morgan fingerprint density at radius 3 is 3.23 bits per heavy atom. The van der Waals surface area contributed by atoms with Crippen molar-refractivity contribution in [1.82, 2.24) is 29.7 Å². The fourth-order valence-corrected chi connectivity index (χ4v) is 5.27. The molecule has 0 aliphatic carbocycles. The van der Waals surface area contributed by atoms with Crippen LogP contribution in [-0.4, -0.2) is 62.3 Å². The number of nitrogens with one attached hydrogen (secondary N) is 2. The average Bonchev–Trinajstić information content (AvgIpc) is 3.51. The quantitative estimate of drug-likeness (QED) is 0.578. The van der Waals surface area contributed by atoms with E-state index in [2.05, 4.69) is 40.9 Å². The minimum Gasteiger partial charge on any atom is -0.360 e. The molecule has 5 heterocycles. The van der Waals surface area contributed by atoms with Crippen molar-refractivity contribution < 1.29 is 9.32 Å². The summed E-state index contributed by atoms with van der Waals surface area (Å²) in [6.45, 7) is 3.07. The van der Waals surface area contributed by atoms with E-state index < -0.39 is 0 Å².